The summed E-state index contributed by atoms with van der Waals surface area (Å²) in [6, 6.07) is 19.1. The number of likely N-dealkylation sites (tertiary alicyclic amines) is 1. The van der Waals surface area contributed by atoms with E-state index in [1.807, 2.05) is 0 Å². The second-order valence-electron chi connectivity index (χ2n) is 20.9. The molecule has 346 valence electrons. The number of dihydropyridines is 1. The van der Waals surface area contributed by atoms with Crippen LogP contribution in [0.25, 0.3) is 22.0 Å². The van der Waals surface area contributed by atoms with Crippen LogP contribution in [0.3, 0.4) is 0 Å². The van der Waals surface area contributed by atoms with Gasteiger partial charge >= 0.3 is 0 Å². The first-order valence-electron chi connectivity index (χ1n) is 26.4. The zero-order chi connectivity index (χ0) is 45.0. The fourth-order valence-corrected chi connectivity index (χ4v) is 13.9. The fraction of sp³-hybridized carbons (Fsp3) is 0.387. The van der Waals surface area contributed by atoms with Crippen molar-refractivity contribution in [3.63, 3.8) is 0 Å². The van der Waals surface area contributed by atoms with Crippen LogP contribution in [0, 0.1) is 17.8 Å². The molecule has 0 aromatic heterocycles. The summed E-state index contributed by atoms with van der Waals surface area (Å²) in [5, 5.41) is 17.9. The van der Waals surface area contributed by atoms with Crippen LogP contribution in [0.2, 0.25) is 0 Å². The van der Waals surface area contributed by atoms with Crippen LogP contribution in [-0.2, 0) is 4.74 Å². The Hall–Kier alpha value is -5.66. The van der Waals surface area contributed by atoms with E-state index in [1.165, 1.54) is 104 Å². The molecule has 3 fully saturated rings. The maximum absolute atomic E-state index is 7.46. The van der Waals surface area contributed by atoms with Gasteiger partial charge in [-0.05, 0) is 133 Å². The van der Waals surface area contributed by atoms with Crippen molar-refractivity contribution in [2.24, 2.45) is 17.8 Å². The summed E-state index contributed by atoms with van der Waals surface area (Å²) in [7, 11) is 0. The van der Waals surface area contributed by atoms with E-state index in [9.17, 15) is 0 Å². The Kier molecular flexibility index (Phi) is 11.4. The number of nitrogens with one attached hydrogen (secondary N) is 3. The van der Waals surface area contributed by atoms with Gasteiger partial charge in [0.15, 0.2) is 0 Å². The third-order valence-corrected chi connectivity index (χ3v) is 17.0. The summed E-state index contributed by atoms with van der Waals surface area (Å²) in [6.45, 7) is 0.735. The van der Waals surface area contributed by atoms with E-state index >= 15 is 0 Å². The highest BCUT2D eigenvalue weighted by molar-refractivity contribution is 5.87. The van der Waals surface area contributed by atoms with E-state index in [0.717, 1.165) is 70.8 Å². The average Bonchev–Trinajstić information content (AvgIpc) is 3.98. The molecular formula is C62H66N5O-. The molecule has 6 nitrogen and oxygen atoms in total. The quantitative estimate of drug-likeness (QED) is 0.231. The van der Waals surface area contributed by atoms with Gasteiger partial charge < -0.3 is 30.9 Å². The van der Waals surface area contributed by atoms with Gasteiger partial charge in [-0.25, -0.2) is 0 Å². The lowest BCUT2D eigenvalue weighted by Gasteiger charge is -2.52. The molecule has 3 N–H and O–H groups in total. The summed E-state index contributed by atoms with van der Waals surface area (Å²) in [5.74, 6) is 2.66. The third kappa shape index (κ3) is 7.68. The number of nitrogens with zero attached hydrogens (tertiary/aromatic N) is 2. The summed E-state index contributed by atoms with van der Waals surface area (Å²) in [5.41, 5.74) is 17.3. The predicted molar refractivity (Wildman–Crippen MR) is 278 cm³/mol. The number of hydrogen-bond acceptors (Lipinski definition) is 5. The molecule has 2 aromatic rings. The average molecular weight is 897 g/mol. The Morgan fingerprint density at radius 2 is 1.56 bits per heavy atom. The van der Waals surface area contributed by atoms with Crippen molar-refractivity contribution in [1.29, 1.82) is 0 Å². The lowest BCUT2D eigenvalue weighted by atomic mass is 9.71. The second kappa shape index (κ2) is 18.3. The number of benzene rings is 2. The van der Waals surface area contributed by atoms with Gasteiger partial charge in [0, 0.05) is 53.4 Å². The molecule has 4 heterocycles. The van der Waals surface area contributed by atoms with Crippen LogP contribution in [0.15, 0.2) is 185 Å². The van der Waals surface area contributed by atoms with E-state index in [2.05, 4.69) is 167 Å². The Labute approximate surface area is 404 Å². The normalized spacial score (nSPS) is 32.7. The van der Waals surface area contributed by atoms with Gasteiger partial charge in [-0.3, -0.25) is 0 Å². The Morgan fingerprint density at radius 3 is 2.38 bits per heavy atom. The topological polar surface area (TPSA) is 62.7 Å². The molecule has 0 bridgehead atoms. The van der Waals surface area contributed by atoms with Crippen molar-refractivity contribution in [3.05, 3.63) is 213 Å². The first-order valence-corrected chi connectivity index (χ1v) is 26.4. The molecule has 9 atom stereocenters. The lowest BCUT2D eigenvalue weighted by molar-refractivity contribution is 0.0287. The highest BCUT2D eigenvalue weighted by Crippen LogP contribution is 2.56. The molecule has 0 amide bonds. The minimum absolute atomic E-state index is 0.0257. The van der Waals surface area contributed by atoms with Crippen LogP contribution >= 0.6 is 0 Å². The molecule has 4 aliphatic heterocycles. The van der Waals surface area contributed by atoms with Crippen molar-refractivity contribution in [2.75, 3.05) is 6.54 Å². The largest absolute Gasteiger partial charge is 0.624 e. The van der Waals surface area contributed by atoms with E-state index in [-0.39, 0.29) is 30.5 Å². The second-order valence-corrected chi connectivity index (χ2v) is 20.9. The molecule has 68 heavy (non-hydrogen) atoms. The van der Waals surface area contributed by atoms with Crippen molar-refractivity contribution >= 4 is 16.7 Å². The Morgan fingerprint density at radius 1 is 0.706 bits per heavy atom. The van der Waals surface area contributed by atoms with Crippen LogP contribution < -0.4 is 16.0 Å². The van der Waals surface area contributed by atoms with Gasteiger partial charge in [-0.1, -0.05) is 164 Å². The van der Waals surface area contributed by atoms with Gasteiger partial charge in [0.2, 0.25) is 0 Å². The van der Waals surface area contributed by atoms with Crippen molar-refractivity contribution < 1.29 is 4.74 Å². The monoisotopic (exact) mass is 897 g/mol. The summed E-state index contributed by atoms with van der Waals surface area (Å²) < 4.78 is 7.46. The Balaban J connectivity index is 0.925. The zero-order valence-corrected chi connectivity index (χ0v) is 39.5. The number of hydrogen-bond donors (Lipinski definition) is 3. The maximum atomic E-state index is 7.46. The molecule has 9 unspecified atom stereocenters. The highest BCUT2D eigenvalue weighted by atomic mass is 16.5. The van der Waals surface area contributed by atoms with E-state index < -0.39 is 0 Å². The molecule has 7 aliphatic carbocycles. The molecule has 2 saturated heterocycles. The van der Waals surface area contributed by atoms with E-state index in [1.54, 1.807) is 0 Å². The molecule has 1 saturated carbocycles. The first-order chi connectivity index (χ1) is 33.7. The molecule has 11 aliphatic rings. The lowest BCUT2D eigenvalue weighted by Crippen LogP contribution is -2.56. The van der Waals surface area contributed by atoms with Gasteiger partial charge in [0.05, 0.1) is 12.2 Å². The van der Waals surface area contributed by atoms with Crippen molar-refractivity contribution in [2.45, 2.75) is 127 Å². The summed E-state index contributed by atoms with van der Waals surface area (Å²) in [4.78, 5) is 2.91. The molecule has 0 spiro atoms. The molecule has 6 heteroatoms. The smallest absolute Gasteiger partial charge is 0.129 e. The van der Waals surface area contributed by atoms with Crippen molar-refractivity contribution in [1.82, 2.24) is 20.9 Å². The van der Waals surface area contributed by atoms with Crippen LogP contribution in [-0.4, -0.2) is 42.0 Å². The van der Waals surface area contributed by atoms with E-state index in [4.69, 9.17) is 10.1 Å². The van der Waals surface area contributed by atoms with Crippen molar-refractivity contribution in [3.8, 4) is 0 Å². The molecule has 2 aromatic carbocycles. The number of fused-ring (bicyclic) bond motifs is 6. The highest BCUT2D eigenvalue weighted by Gasteiger charge is 2.58. The van der Waals surface area contributed by atoms with Gasteiger partial charge in [-0.2, -0.15) is 0 Å². The standard InChI is InChI=1S/C62H66N5O/c1-6-19-40(20-7-1)47-34-33-44(37-52(47)41-21-8-2-9-22-41)45-38-53(62-65-60(42-23-10-3-11-24-42)64-61(66-62)43-25-12-4-13-26-43)57(63-39-45)50-30-18-32-55-56(50)51-36-35-49-48-29-16-17-31-54(48)67(58(49)59(51)68-55)46-27-14-5-15-28-46/h1,3-6,8,10-12,14,19,21-25,27,30,33-38,48-49,51,54,58-64,66H,2,7,9,13,15-18,20,26,28-29,31-32,39H2/q-1. The number of allylic oxidation sites excluding steroid dienone is 18. The van der Waals surface area contributed by atoms with Crippen LogP contribution in [0.1, 0.15) is 118 Å². The molecule has 13 rings (SSSR count). The first kappa shape index (κ1) is 42.4. The SMILES string of the molecule is C1=CCCC(c2ccc(C3=CC(C4[N-]C(c5ccccc5)NC(C5=CC=CCC5)N4)=C(C4=CCCC5=C4C4C=CC6C7CCCCC7N(C7=CC=CCC7)C6C4O5)NC3)cc2C2=CCCC=C2)=C1. The minimum atomic E-state index is -0.269. The van der Waals surface area contributed by atoms with Crippen LogP contribution in [0.5, 0.6) is 0 Å². The maximum Gasteiger partial charge on any atom is 0.129 e. The minimum Gasteiger partial charge on any atom is -0.624 e. The third-order valence-electron chi connectivity index (χ3n) is 17.0. The van der Waals surface area contributed by atoms with E-state index in [0.29, 0.717) is 23.9 Å². The van der Waals surface area contributed by atoms with Gasteiger partial charge in [-0.15, -0.1) is 0 Å². The zero-order valence-electron chi connectivity index (χ0n) is 39.5. The molecular weight excluding hydrogens is 831 g/mol. The molecule has 0 radical (unpaired) electrons. The number of rotatable bonds is 8. The van der Waals surface area contributed by atoms with Gasteiger partial charge in [0.25, 0.3) is 0 Å². The number of ether oxygens (including phenoxy) is 1. The summed E-state index contributed by atoms with van der Waals surface area (Å²) in [6.07, 6.45) is 53.8. The summed E-state index contributed by atoms with van der Waals surface area (Å²) >= 11 is 0. The van der Waals surface area contributed by atoms with Crippen LogP contribution in [0.4, 0.5) is 0 Å². The van der Waals surface area contributed by atoms with Gasteiger partial charge in [0.1, 0.15) is 11.9 Å². The predicted octanol–water partition coefficient (Wildman–Crippen LogP) is 13.2. The Bertz CT molecular complexity index is 2760. The fourth-order valence-electron chi connectivity index (χ4n) is 13.9.